The first-order chi connectivity index (χ1) is 12.1. The number of piperidine rings is 2. The van der Waals surface area contributed by atoms with Crippen molar-refractivity contribution in [3.8, 4) is 11.5 Å². The molecule has 0 radical (unpaired) electrons. The van der Waals surface area contributed by atoms with Gasteiger partial charge in [0, 0.05) is 49.9 Å². The van der Waals surface area contributed by atoms with E-state index in [4.69, 9.17) is 21.1 Å². The zero-order valence-electron chi connectivity index (χ0n) is 14.2. The van der Waals surface area contributed by atoms with Crippen molar-refractivity contribution in [2.75, 3.05) is 33.0 Å². The molecule has 2 saturated heterocycles. The van der Waals surface area contributed by atoms with Gasteiger partial charge in [-0.15, -0.1) is 0 Å². The molecule has 1 aromatic rings. The lowest BCUT2D eigenvalue weighted by Gasteiger charge is -2.43. The third kappa shape index (κ3) is 3.73. The van der Waals surface area contributed by atoms with Crippen molar-refractivity contribution >= 4 is 11.6 Å². The maximum atomic E-state index is 10.6. The van der Waals surface area contributed by atoms with Crippen LogP contribution in [0.1, 0.15) is 24.8 Å². The van der Waals surface area contributed by atoms with E-state index in [0.29, 0.717) is 23.9 Å². The predicted octanol–water partition coefficient (Wildman–Crippen LogP) is 1.46. The SMILES string of the molecule is OC1CCN([C@@H]2CCN(Cc3cc4c(cc3Cl)OCO4)C[C@H]2O)CC1. The minimum absolute atomic E-state index is 0.179. The Morgan fingerprint density at radius 2 is 1.76 bits per heavy atom. The van der Waals surface area contributed by atoms with Gasteiger partial charge in [0.1, 0.15) is 0 Å². The topological polar surface area (TPSA) is 65.4 Å². The number of rotatable bonds is 3. The standard InChI is InChI=1S/C18H25ClN2O4/c19-14-8-18-17(24-11-25-18)7-12(14)9-20-4-3-15(16(23)10-20)21-5-1-13(22)2-6-21/h7-8,13,15-16,22-23H,1-6,9-11H2/t15-,16-/m1/s1. The molecule has 6 nitrogen and oxygen atoms in total. The molecule has 138 valence electrons. The van der Waals surface area contributed by atoms with Crippen molar-refractivity contribution in [2.24, 2.45) is 0 Å². The van der Waals surface area contributed by atoms with Crippen molar-refractivity contribution in [1.82, 2.24) is 9.80 Å². The number of β-amino-alcohol motifs (C(OH)–C–C–N with tert-alkyl or cyclic N) is 1. The molecule has 0 bridgehead atoms. The summed E-state index contributed by atoms with van der Waals surface area (Å²) in [5, 5.41) is 21.0. The van der Waals surface area contributed by atoms with E-state index >= 15 is 0 Å². The van der Waals surface area contributed by atoms with E-state index in [0.717, 1.165) is 50.2 Å². The van der Waals surface area contributed by atoms with Crippen LogP contribution in [-0.2, 0) is 6.54 Å². The van der Waals surface area contributed by atoms with Gasteiger partial charge >= 0.3 is 0 Å². The number of benzene rings is 1. The zero-order chi connectivity index (χ0) is 17.4. The van der Waals surface area contributed by atoms with Crippen molar-refractivity contribution in [3.05, 3.63) is 22.7 Å². The van der Waals surface area contributed by atoms with Crippen LogP contribution in [0.5, 0.6) is 11.5 Å². The van der Waals surface area contributed by atoms with Crippen LogP contribution in [0.25, 0.3) is 0 Å². The second-order valence-corrected chi connectivity index (χ2v) is 7.63. The van der Waals surface area contributed by atoms with E-state index in [9.17, 15) is 10.2 Å². The highest BCUT2D eigenvalue weighted by atomic mass is 35.5. The van der Waals surface area contributed by atoms with Gasteiger partial charge < -0.3 is 19.7 Å². The van der Waals surface area contributed by atoms with Gasteiger partial charge in [-0.3, -0.25) is 9.80 Å². The highest BCUT2D eigenvalue weighted by Crippen LogP contribution is 2.37. The summed E-state index contributed by atoms with van der Waals surface area (Å²) in [4.78, 5) is 4.58. The molecule has 1 aromatic carbocycles. The Morgan fingerprint density at radius 3 is 2.48 bits per heavy atom. The minimum Gasteiger partial charge on any atom is -0.454 e. The lowest BCUT2D eigenvalue weighted by atomic mass is 9.96. The third-order valence-electron chi connectivity index (χ3n) is 5.53. The number of ether oxygens (including phenoxy) is 2. The molecule has 0 unspecified atom stereocenters. The van der Waals surface area contributed by atoms with Gasteiger partial charge in [0.05, 0.1) is 12.2 Å². The molecule has 0 spiro atoms. The first-order valence-electron chi connectivity index (χ1n) is 9.00. The molecule has 0 amide bonds. The Bertz CT molecular complexity index is 621. The third-order valence-corrected chi connectivity index (χ3v) is 5.89. The molecular formula is C18H25ClN2O4. The Kier molecular flexibility index (Phi) is 5.06. The van der Waals surface area contributed by atoms with E-state index < -0.39 is 0 Å². The largest absolute Gasteiger partial charge is 0.454 e. The molecule has 7 heteroatoms. The highest BCUT2D eigenvalue weighted by molar-refractivity contribution is 6.31. The molecule has 2 N–H and O–H groups in total. The number of hydrogen-bond acceptors (Lipinski definition) is 6. The van der Waals surface area contributed by atoms with Gasteiger partial charge in [0.15, 0.2) is 11.5 Å². The van der Waals surface area contributed by atoms with Crippen molar-refractivity contribution in [1.29, 1.82) is 0 Å². The summed E-state index contributed by atoms with van der Waals surface area (Å²) >= 11 is 6.37. The number of fused-ring (bicyclic) bond motifs is 1. The van der Waals surface area contributed by atoms with Gasteiger partial charge in [-0.1, -0.05) is 11.6 Å². The minimum atomic E-state index is -0.378. The second kappa shape index (κ2) is 7.29. The normalized spacial score (nSPS) is 28.4. The monoisotopic (exact) mass is 368 g/mol. The van der Waals surface area contributed by atoms with Gasteiger partial charge in [0.2, 0.25) is 6.79 Å². The summed E-state index contributed by atoms with van der Waals surface area (Å²) in [6.45, 7) is 4.23. The van der Waals surface area contributed by atoms with E-state index in [1.165, 1.54) is 0 Å². The van der Waals surface area contributed by atoms with Crippen LogP contribution in [-0.4, -0.2) is 71.2 Å². The smallest absolute Gasteiger partial charge is 0.231 e. The van der Waals surface area contributed by atoms with Crippen LogP contribution in [0, 0.1) is 0 Å². The van der Waals surface area contributed by atoms with E-state index in [2.05, 4.69) is 9.80 Å². The molecule has 0 aliphatic carbocycles. The summed E-state index contributed by atoms with van der Waals surface area (Å²) in [5.74, 6) is 1.43. The first kappa shape index (κ1) is 17.4. The quantitative estimate of drug-likeness (QED) is 0.842. The molecule has 3 aliphatic heterocycles. The average molecular weight is 369 g/mol. The number of halogens is 1. The van der Waals surface area contributed by atoms with E-state index in [1.807, 2.05) is 6.07 Å². The number of aliphatic hydroxyl groups excluding tert-OH is 2. The molecular weight excluding hydrogens is 344 g/mol. The van der Waals surface area contributed by atoms with Crippen LogP contribution in [0.3, 0.4) is 0 Å². The number of aliphatic hydroxyl groups is 2. The lowest BCUT2D eigenvalue weighted by molar-refractivity contribution is -0.0355. The molecule has 3 aliphatic rings. The van der Waals surface area contributed by atoms with Crippen molar-refractivity contribution in [3.63, 3.8) is 0 Å². The van der Waals surface area contributed by atoms with Crippen LogP contribution < -0.4 is 9.47 Å². The molecule has 25 heavy (non-hydrogen) atoms. The highest BCUT2D eigenvalue weighted by Gasteiger charge is 2.34. The molecule has 0 aromatic heterocycles. The molecule has 0 saturated carbocycles. The van der Waals surface area contributed by atoms with Crippen LogP contribution >= 0.6 is 11.6 Å². The maximum Gasteiger partial charge on any atom is 0.231 e. The summed E-state index contributed by atoms with van der Waals surface area (Å²) in [6, 6.07) is 3.94. The van der Waals surface area contributed by atoms with Gasteiger partial charge in [-0.2, -0.15) is 0 Å². The van der Waals surface area contributed by atoms with Crippen molar-refractivity contribution < 1.29 is 19.7 Å². The summed E-state index contributed by atoms with van der Waals surface area (Å²) in [5.41, 5.74) is 0.998. The molecule has 4 rings (SSSR count). The van der Waals surface area contributed by atoms with Crippen LogP contribution in [0.2, 0.25) is 5.02 Å². The average Bonchev–Trinajstić information content (AvgIpc) is 3.03. The fourth-order valence-electron chi connectivity index (χ4n) is 4.09. The summed E-state index contributed by atoms with van der Waals surface area (Å²) in [6.07, 6.45) is 1.98. The molecule has 3 heterocycles. The molecule has 2 fully saturated rings. The van der Waals surface area contributed by atoms with Gasteiger partial charge in [0.25, 0.3) is 0 Å². The van der Waals surface area contributed by atoms with Crippen molar-refractivity contribution in [2.45, 2.75) is 44.1 Å². The Labute approximate surface area is 152 Å². The number of hydrogen-bond donors (Lipinski definition) is 2. The van der Waals surface area contributed by atoms with E-state index in [-0.39, 0.29) is 25.0 Å². The molecule has 2 atom stereocenters. The van der Waals surface area contributed by atoms with E-state index in [1.54, 1.807) is 6.07 Å². The van der Waals surface area contributed by atoms with Gasteiger partial charge in [-0.25, -0.2) is 0 Å². The van der Waals surface area contributed by atoms with Gasteiger partial charge in [-0.05, 0) is 30.9 Å². The Hall–Kier alpha value is -1.05. The lowest BCUT2D eigenvalue weighted by Crippen LogP contribution is -2.55. The number of likely N-dealkylation sites (tertiary alicyclic amines) is 2. The van der Waals surface area contributed by atoms with Crippen LogP contribution in [0.4, 0.5) is 0 Å². The Balaban J connectivity index is 1.37. The Morgan fingerprint density at radius 1 is 1.04 bits per heavy atom. The predicted molar refractivity (Wildman–Crippen MR) is 94.1 cm³/mol. The fraction of sp³-hybridized carbons (Fsp3) is 0.667. The second-order valence-electron chi connectivity index (χ2n) is 7.22. The maximum absolute atomic E-state index is 10.6. The van der Waals surface area contributed by atoms with Crippen LogP contribution in [0.15, 0.2) is 12.1 Å². The number of nitrogens with zero attached hydrogens (tertiary/aromatic N) is 2. The summed E-state index contributed by atoms with van der Waals surface area (Å²) in [7, 11) is 0. The fourth-order valence-corrected chi connectivity index (χ4v) is 4.31. The summed E-state index contributed by atoms with van der Waals surface area (Å²) < 4.78 is 10.8. The first-order valence-corrected chi connectivity index (χ1v) is 9.38. The zero-order valence-corrected chi connectivity index (χ0v) is 15.0.